The number of benzene rings is 1. The van der Waals surface area contributed by atoms with Gasteiger partial charge in [-0.2, -0.15) is 0 Å². The van der Waals surface area contributed by atoms with E-state index in [1.807, 2.05) is 13.8 Å². The standard InChI is InChI=1S/C16H20FN3O2/c1-16(2,10-18)20-14(21)7-8-15-19-9-13(22-15)11-5-3-4-6-12(11)17/h3-6,9H,7-8,10,18H2,1-2H3,(H,20,21). The molecule has 118 valence electrons. The van der Waals surface area contributed by atoms with Gasteiger partial charge in [-0.15, -0.1) is 0 Å². The van der Waals surface area contributed by atoms with Crippen molar-refractivity contribution in [1.29, 1.82) is 0 Å². The van der Waals surface area contributed by atoms with Crippen molar-refractivity contribution >= 4 is 5.91 Å². The number of rotatable bonds is 6. The third-order valence-corrected chi connectivity index (χ3v) is 3.25. The lowest BCUT2D eigenvalue weighted by Gasteiger charge is -2.23. The van der Waals surface area contributed by atoms with Crippen LogP contribution in [0.3, 0.4) is 0 Å². The van der Waals surface area contributed by atoms with E-state index in [4.69, 9.17) is 10.2 Å². The van der Waals surface area contributed by atoms with Crippen molar-refractivity contribution in [2.75, 3.05) is 6.54 Å². The molecular weight excluding hydrogens is 285 g/mol. The van der Waals surface area contributed by atoms with Gasteiger partial charge in [0.2, 0.25) is 5.91 Å². The van der Waals surface area contributed by atoms with Gasteiger partial charge >= 0.3 is 0 Å². The second-order valence-corrected chi connectivity index (χ2v) is 5.73. The molecule has 3 N–H and O–H groups in total. The minimum atomic E-state index is -0.438. The van der Waals surface area contributed by atoms with Gasteiger partial charge in [-0.25, -0.2) is 9.37 Å². The van der Waals surface area contributed by atoms with Crippen molar-refractivity contribution in [2.45, 2.75) is 32.2 Å². The molecule has 6 heteroatoms. The lowest BCUT2D eigenvalue weighted by atomic mass is 10.1. The highest BCUT2D eigenvalue weighted by Crippen LogP contribution is 2.23. The highest BCUT2D eigenvalue weighted by atomic mass is 19.1. The summed E-state index contributed by atoms with van der Waals surface area (Å²) in [6.45, 7) is 4.06. The lowest BCUT2D eigenvalue weighted by Crippen LogP contribution is -2.48. The van der Waals surface area contributed by atoms with E-state index in [9.17, 15) is 9.18 Å². The Labute approximate surface area is 128 Å². The molecule has 22 heavy (non-hydrogen) atoms. The van der Waals surface area contributed by atoms with Crippen LogP contribution in [0.2, 0.25) is 0 Å². The molecule has 0 radical (unpaired) electrons. The van der Waals surface area contributed by atoms with Crippen molar-refractivity contribution in [1.82, 2.24) is 10.3 Å². The van der Waals surface area contributed by atoms with Gasteiger partial charge in [-0.1, -0.05) is 12.1 Å². The van der Waals surface area contributed by atoms with E-state index in [1.165, 1.54) is 12.3 Å². The van der Waals surface area contributed by atoms with Crippen LogP contribution in [0.5, 0.6) is 0 Å². The number of aromatic nitrogens is 1. The van der Waals surface area contributed by atoms with Gasteiger partial charge < -0.3 is 15.5 Å². The molecule has 0 spiro atoms. The monoisotopic (exact) mass is 305 g/mol. The van der Waals surface area contributed by atoms with Crippen LogP contribution in [0, 0.1) is 5.82 Å². The Hall–Kier alpha value is -2.21. The molecule has 0 aliphatic heterocycles. The van der Waals surface area contributed by atoms with Crippen LogP contribution in [0.1, 0.15) is 26.2 Å². The largest absolute Gasteiger partial charge is 0.441 e. The second-order valence-electron chi connectivity index (χ2n) is 5.73. The number of nitrogens with zero attached hydrogens (tertiary/aromatic N) is 1. The number of aryl methyl sites for hydroxylation is 1. The number of hydrogen-bond acceptors (Lipinski definition) is 4. The molecule has 0 saturated carbocycles. The quantitative estimate of drug-likeness (QED) is 0.858. The zero-order valence-electron chi connectivity index (χ0n) is 12.7. The Kier molecular flexibility index (Phi) is 4.92. The first-order chi connectivity index (χ1) is 10.4. The molecule has 0 saturated heterocycles. The SMILES string of the molecule is CC(C)(CN)NC(=O)CCc1ncc(-c2ccccc2F)o1. The highest BCUT2D eigenvalue weighted by Gasteiger charge is 2.18. The first kappa shape index (κ1) is 16.2. The van der Waals surface area contributed by atoms with E-state index < -0.39 is 5.54 Å². The summed E-state index contributed by atoms with van der Waals surface area (Å²) in [4.78, 5) is 15.9. The van der Waals surface area contributed by atoms with Crippen LogP contribution in [0.4, 0.5) is 4.39 Å². The van der Waals surface area contributed by atoms with E-state index in [0.717, 1.165) is 0 Å². The molecule has 5 nitrogen and oxygen atoms in total. The van der Waals surface area contributed by atoms with Gasteiger partial charge in [-0.3, -0.25) is 4.79 Å². The second kappa shape index (κ2) is 6.70. The van der Waals surface area contributed by atoms with Crippen molar-refractivity contribution in [3.63, 3.8) is 0 Å². The van der Waals surface area contributed by atoms with Gasteiger partial charge in [0, 0.05) is 24.9 Å². The maximum Gasteiger partial charge on any atom is 0.220 e. The van der Waals surface area contributed by atoms with Gasteiger partial charge in [0.15, 0.2) is 11.7 Å². The minimum absolute atomic E-state index is 0.124. The van der Waals surface area contributed by atoms with Crippen LogP contribution in [0.15, 0.2) is 34.9 Å². The fourth-order valence-corrected chi connectivity index (χ4v) is 1.92. The number of carbonyl (C=O) groups excluding carboxylic acids is 1. The number of oxazole rings is 1. The molecule has 2 aromatic rings. The average Bonchev–Trinajstić information content (AvgIpc) is 2.94. The third-order valence-electron chi connectivity index (χ3n) is 3.25. The molecule has 0 unspecified atom stereocenters. The van der Waals surface area contributed by atoms with Gasteiger partial charge in [0.05, 0.1) is 11.8 Å². The van der Waals surface area contributed by atoms with E-state index in [0.29, 0.717) is 30.2 Å². The van der Waals surface area contributed by atoms with E-state index >= 15 is 0 Å². The minimum Gasteiger partial charge on any atom is -0.441 e. The predicted molar refractivity (Wildman–Crippen MR) is 81.5 cm³/mol. The number of carbonyl (C=O) groups is 1. The average molecular weight is 305 g/mol. The van der Waals surface area contributed by atoms with Gasteiger partial charge in [0.25, 0.3) is 0 Å². The van der Waals surface area contributed by atoms with Crippen LogP contribution in [0.25, 0.3) is 11.3 Å². The molecule has 2 rings (SSSR count). The van der Waals surface area contributed by atoms with Crippen molar-refractivity contribution in [2.24, 2.45) is 5.73 Å². The maximum absolute atomic E-state index is 13.7. The summed E-state index contributed by atoms with van der Waals surface area (Å²) in [6, 6.07) is 6.32. The summed E-state index contributed by atoms with van der Waals surface area (Å²) in [5.74, 6) is 0.267. The molecule has 0 bridgehead atoms. The number of halogens is 1. The third kappa shape index (κ3) is 4.14. The number of amides is 1. The van der Waals surface area contributed by atoms with Gasteiger partial charge in [0.1, 0.15) is 5.82 Å². The maximum atomic E-state index is 13.7. The van der Waals surface area contributed by atoms with E-state index in [1.54, 1.807) is 18.2 Å². The Bertz CT molecular complexity index is 652. The van der Waals surface area contributed by atoms with Gasteiger partial charge in [-0.05, 0) is 26.0 Å². The fraction of sp³-hybridized carbons (Fsp3) is 0.375. The zero-order chi connectivity index (χ0) is 16.2. The highest BCUT2D eigenvalue weighted by molar-refractivity contribution is 5.76. The molecule has 0 atom stereocenters. The van der Waals surface area contributed by atoms with E-state index in [2.05, 4.69) is 10.3 Å². The molecule has 1 heterocycles. The molecular formula is C16H20FN3O2. The Balaban J connectivity index is 1.96. The summed E-state index contributed by atoms with van der Waals surface area (Å²) in [7, 11) is 0. The Morgan fingerprint density at radius 1 is 1.41 bits per heavy atom. The Morgan fingerprint density at radius 3 is 2.82 bits per heavy atom. The summed E-state index contributed by atoms with van der Waals surface area (Å²) in [6.07, 6.45) is 2.05. The van der Waals surface area contributed by atoms with Crippen LogP contribution in [-0.2, 0) is 11.2 Å². The number of hydrogen-bond donors (Lipinski definition) is 2. The van der Waals surface area contributed by atoms with Crippen molar-refractivity contribution in [3.8, 4) is 11.3 Å². The first-order valence-electron chi connectivity index (χ1n) is 7.12. The summed E-state index contributed by atoms with van der Waals surface area (Å²) in [5.41, 5.74) is 5.48. The van der Waals surface area contributed by atoms with Crippen molar-refractivity contribution in [3.05, 3.63) is 42.2 Å². The lowest BCUT2D eigenvalue weighted by molar-refractivity contribution is -0.122. The summed E-state index contributed by atoms with van der Waals surface area (Å²) >= 11 is 0. The topological polar surface area (TPSA) is 81.1 Å². The molecule has 1 amide bonds. The van der Waals surface area contributed by atoms with E-state index in [-0.39, 0.29) is 18.1 Å². The normalized spacial score (nSPS) is 11.5. The number of nitrogens with one attached hydrogen (secondary N) is 1. The molecule has 1 aromatic carbocycles. The summed E-state index contributed by atoms with van der Waals surface area (Å²) < 4.78 is 19.2. The summed E-state index contributed by atoms with van der Waals surface area (Å²) in [5, 5.41) is 2.83. The number of nitrogens with two attached hydrogens (primary N) is 1. The van der Waals surface area contributed by atoms with Crippen LogP contribution in [-0.4, -0.2) is 23.0 Å². The molecule has 0 aliphatic rings. The molecule has 0 aliphatic carbocycles. The zero-order valence-corrected chi connectivity index (χ0v) is 12.7. The van der Waals surface area contributed by atoms with Crippen LogP contribution < -0.4 is 11.1 Å². The predicted octanol–water partition coefficient (Wildman–Crippen LogP) is 2.27. The molecule has 0 fully saturated rings. The fourth-order valence-electron chi connectivity index (χ4n) is 1.92. The Morgan fingerprint density at radius 2 is 2.14 bits per heavy atom. The smallest absolute Gasteiger partial charge is 0.220 e. The van der Waals surface area contributed by atoms with Crippen molar-refractivity contribution < 1.29 is 13.6 Å². The molecule has 1 aromatic heterocycles. The van der Waals surface area contributed by atoms with Crippen LogP contribution >= 0.6 is 0 Å². The first-order valence-corrected chi connectivity index (χ1v) is 7.12.